The molecule has 6 N–H and O–H groups in total. The van der Waals surface area contributed by atoms with Crippen LogP contribution in [-0.4, -0.2) is 85.7 Å². The number of nitrogens with zero attached hydrogens (tertiary/aromatic N) is 2. The van der Waals surface area contributed by atoms with E-state index in [4.69, 9.17) is 29.0 Å². The molecule has 0 aliphatic carbocycles. The van der Waals surface area contributed by atoms with Gasteiger partial charge in [-0.2, -0.15) is 9.29 Å². The molecule has 1 saturated heterocycles. The summed E-state index contributed by atoms with van der Waals surface area (Å²) >= 11 is 0. The van der Waals surface area contributed by atoms with Gasteiger partial charge in [0.15, 0.2) is 12.3 Å². The molecule has 0 amide bonds. The maximum atomic E-state index is 12.9. The molecular weight excluding hydrogens is 932 g/mol. The van der Waals surface area contributed by atoms with Crippen LogP contribution in [0.4, 0.5) is 5.82 Å². The number of rotatable bonds is 43. The number of aliphatic hydroxyl groups excluding tert-OH is 2. The third-order valence-corrected chi connectivity index (χ3v) is 15.3. The average Bonchev–Trinajstić information content (AvgIpc) is 3.57. The molecule has 1 aromatic rings. The molecule has 1 aliphatic rings. The standard InChI is InChI=1S/C49H91N3O15P2/c1-5-40(4)31-27-23-19-16-17-20-24-28-32-44(53)62-36-41(65-45(54)33-29-25-21-15-13-11-9-7-6-8-10-12-14-18-22-26-30-39(2)3)37-63-68(58,59)67-69(60,61)64-38-42-46(55)47(56)48(66-42)52-35-34-43(50)51-49(52)57/h34-35,39-42,46-48,55-56H,5-33,36-38H2,1-4H3,(H,58,59)(H,60,61)(H2,50,51,57)/t40?,41-,42-,46+,47?,48-/m1/s1. The molecule has 8 atom stereocenters. The first kappa shape index (κ1) is 62.9. The van der Waals surface area contributed by atoms with E-state index in [1.165, 1.54) is 121 Å². The van der Waals surface area contributed by atoms with E-state index in [0.29, 0.717) is 12.8 Å². The van der Waals surface area contributed by atoms with Gasteiger partial charge in [-0.1, -0.05) is 188 Å². The summed E-state index contributed by atoms with van der Waals surface area (Å²) in [7, 11) is -10.8. The van der Waals surface area contributed by atoms with Gasteiger partial charge in [0.1, 0.15) is 30.7 Å². The van der Waals surface area contributed by atoms with Gasteiger partial charge in [0, 0.05) is 19.0 Å². The zero-order chi connectivity index (χ0) is 50.9. The minimum absolute atomic E-state index is 0.0569. The van der Waals surface area contributed by atoms with Crippen molar-refractivity contribution in [1.29, 1.82) is 0 Å². The molecule has 2 heterocycles. The Morgan fingerprint density at radius 3 is 1.65 bits per heavy atom. The second-order valence-corrected chi connectivity index (χ2v) is 22.5. The number of nitrogens with two attached hydrogens (primary N) is 1. The molecule has 0 radical (unpaired) electrons. The summed E-state index contributed by atoms with van der Waals surface area (Å²) in [6, 6.07) is 1.25. The first-order valence-corrected chi connectivity index (χ1v) is 29.3. The normalized spacial score (nSPS) is 19.8. The molecule has 69 heavy (non-hydrogen) atoms. The van der Waals surface area contributed by atoms with E-state index in [1.54, 1.807) is 0 Å². The number of carbonyl (C=O) groups is 2. The van der Waals surface area contributed by atoms with Crippen LogP contribution in [0.3, 0.4) is 0 Å². The van der Waals surface area contributed by atoms with Crippen LogP contribution < -0.4 is 11.4 Å². The first-order chi connectivity index (χ1) is 32.9. The fourth-order valence-corrected chi connectivity index (χ4v) is 10.3. The summed E-state index contributed by atoms with van der Waals surface area (Å²) in [5.41, 5.74) is 4.59. The van der Waals surface area contributed by atoms with Crippen LogP contribution in [0.5, 0.6) is 0 Å². The Balaban J connectivity index is 1.77. The van der Waals surface area contributed by atoms with E-state index in [0.717, 1.165) is 67.8 Å². The molecule has 0 aromatic carbocycles. The molecule has 0 bridgehead atoms. The Hall–Kier alpha value is -2.24. The molecule has 2 rings (SSSR count). The van der Waals surface area contributed by atoms with Crippen LogP contribution >= 0.6 is 15.6 Å². The summed E-state index contributed by atoms with van der Waals surface area (Å²) in [6.45, 7) is 6.81. The van der Waals surface area contributed by atoms with Gasteiger partial charge in [0.25, 0.3) is 0 Å². The highest BCUT2D eigenvalue weighted by Crippen LogP contribution is 2.60. The Bertz CT molecular complexity index is 1690. The largest absolute Gasteiger partial charge is 0.481 e. The first-order valence-electron chi connectivity index (χ1n) is 26.3. The second-order valence-electron chi connectivity index (χ2n) is 19.5. The van der Waals surface area contributed by atoms with Crippen LogP contribution in [0.15, 0.2) is 17.1 Å². The lowest BCUT2D eigenvalue weighted by molar-refractivity contribution is -0.161. The quantitative estimate of drug-likeness (QED) is 0.0231. The van der Waals surface area contributed by atoms with E-state index in [1.807, 2.05) is 0 Å². The number of esters is 2. The van der Waals surface area contributed by atoms with Crippen LogP contribution in [0.1, 0.15) is 220 Å². The molecular formula is C49H91N3O15P2. The van der Waals surface area contributed by atoms with E-state index in [2.05, 4.69) is 37.0 Å². The molecule has 4 unspecified atom stereocenters. The molecule has 20 heteroatoms. The van der Waals surface area contributed by atoms with Crippen LogP contribution in [0, 0.1) is 11.8 Å². The number of phosphoric ester groups is 2. The molecule has 18 nitrogen and oxygen atoms in total. The minimum Gasteiger partial charge on any atom is -0.462 e. The highest BCUT2D eigenvalue weighted by molar-refractivity contribution is 7.61. The van der Waals surface area contributed by atoms with E-state index in [9.17, 15) is 43.5 Å². The maximum Gasteiger partial charge on any atom is 0.481 e. The summed E-state index contributed by atoms with van der Waals surface area (Å²) in [5.74, 6) is 0.303. The predicted octanol–water partition coefficient (Wildman–Crippen LogP) is 10.8. The van der Waals surface area contributed by atoms with Crippen molar-refractivity contribution in [2.75, 3.05) is 25.6 Å². The van der Waals surface area contributed by atoms with E-state index >= 15 is 0 Å². The molecule has 0 spiro atoms. The number of anilines is 1. The number of ether oxygens (including phenoxy) is 3. The number of carbonyl (C=O) groups excluding carboxylic acids is 2. The fraction of sp³-hybridized carbons (Fsp3) is 0.878. The Kier molecular flexibility index (Phi) is 33.4. The third-order valence-electron chi connectivity index (χ3n) is 12.7. The number of aliphatic hydroxyl groups is 2. The van der Waals surface area contributed by atoms with Crippen molar-refractivity contribution < 1.29 is 66.3 Å². The SMILES string of the molecule is CCC(C)CCCCCCCCCCC(=O)OC[C@H](COP(=O)(O)OP(=O)(O)OC[C@H]1O[C@@H](n2ccc(N)nc2=O)C(O)[C@H]1O)OC(=O)CCCCCCCCCCCCCCCCCCC(C)C. The van der Waals surface area contributed by atoms with Crippen molar-refractivity contribution in [3.05, 3.63) is 22.7 Å². The predicted molar refractivity (Wildman–Crippen MR) is 266 cm³/mol. The lowest BCUT2D eigenvalue weighted by atomic mass is 9.99. The molecule has 1 fully saturated rings. The highest BCUT2D eigenvalue weighted by Gasteiger charge is 2.46. The topological polar surface area (TPSA) is 265 Å². The van der Waals surface area contributed by atoms with Crippen molar-refractivity contribution in [3.63, 3.8) is 0 Å². The highest BCUT2D eigenvalue weighted by atomic mass is 31.3. The van der Waals surface area contributed by atoms with Crippen molar-refractivity contribution in [2.45, 2.75) is 245 Å². The monoisotopic (exact) mass is 1020 g/mol. The van der Waals surface area contributed by atoms with Gasteiger partial charge >= 0.3 is 33.3 Å². The zero-order valence-electron chi connectivity index (χ0n) is 42.5. The molecule has 1 aromatic heterocycles. The van der Waals surface area contributed by atoms with E-state index in [-0.39, 0.29) is 18.7 Å². The van der Waals surface area contributed by atoms with Crippen molar-refractivity contribution in [3.8, 4) is 0 Å². The molecule has 402 valence electrons. The van der Waals surface area contributed by atoms with Crippen LogP contribution in [-0.2, 0) is 46.3 Å². The van der Waals surface area contributed by atoms with Crippen molar-refractivity contribution >= 4 is 33.4 Å². The second kappa shape index (κ2) is 36.6. The van der Waals surface area contributed by atoms with Crippen LogP contribution in [0.2, 0.25) is 0 Å². The Labute approximate surface area is 412 Å². The summed E-state index contributed by atoms with van der Waals surface area (Å²) < 4.78 is 56.8. The zero-order valence-corrected chi connectivity index (χ0v) is 44.3. The number of aromatic nitrogens is 2. The smallest absolute Gasteiger partial charge is 0.462 e. The van der Waals surface area contributed by atoms with Crippen LogP contribution in [0.25, 0.3) is 0 Å². The molecule has 0 saturated carbocycles. The average molecular weight is 1020 g/mol. The number of nitrogen functional groups attached to an aromatic ring is 1. The lowest BCUT2D eigenvalue weighted by Gasteiger charge is -2.21. The molecule has 1 aliphatic heterocycles. The van der Waals surface area contributed by atoms with Gasteiger partial charge < -0.3 is 39.9 Å². The lowest BCUT2D eigenvalue weighted by Crippen LogP contribution is -2.36. The summed E-state index contributed by atoms with van der Waals surface area (Å²) in [4.78, 5) is 61.9. The fourth-order valence-electron chi connectivity index (χ4n) is 8.18. The van der Waals surface area contributed by atoms with Gasteiger partial charge in [0.05, 0.1) is 13.2 Å². The number of hydrogen-bond donors (Lipinski definition) is 5. The maximum absolute atomic E-state index is 12.9. The van der Waals surface area contributed by atoms with E-state index < -0.39 is 83.7 Å². The third kappa shape index (κ3) is 30.4. The minimum atomic E-state index is -5.42. The Morgan fingerprint density at radius 2 is 1.16 bits per heavy atom. The number of phosphoric acid groups is 2. The van der Waals surface area contributed by atoms with Gasteiger partial charge in [-0.15, -0.1) is 0 Å². The van der Waals surface area contributed by atoms with Crippen molar-refractivity contribution in [2.24, 2.45) is 11.8 Å². The van der Waals surface area contributed by atoms with Gasteiger partial charge in [-0.25, -0.2) is 13.9 Å². The summed E-state index contributed by atoms with van der Waals surface area (Å²) in [6.07, 6.45) is 24.8. The number of hydrogen-bond acceptors (Lipinski definition) is 15. The summed E-state index contributed by atoms with van der Waals surface area (Å²) in [5, 5.41) is 20.9. The Morgan fingerprint density at radius 1 is 0.696 bits per heavy atom. The van der Waals surface area contributed by atoms with Gasteiger partial charge in [-0.3, -0.25) is 23.2 Å². The number of unbranched alkanes of at least 4 members (excludes halogenated alkanes) is 22. The van der Waals surface area contributed by atoms with Crippen molar-refractivity contribution in [1.82, 2.24) is 9.55 Å². The van der Waals surface area contributed by atoms with Gasteiger partial charge in [-0.05, 0) is 30.7 Å². The van der Waals surface area contributed by atoms with Gasteiger partial charge in [0.2, 0.25) is 0 Å².